The average molecular weight is 484 g/mol. The number of aliphatic hydroxyl groups is 1. The minimum Gasteiger partial charge on any atom is -0.502 e. The molecule has 1 aromatic rings. The summed E-state index contributed by atoms with van der Waals surface area (Å²) in [4.78, 5) is 52.5. The van der Waals surface area contributed by atoms with E-state index in [9.17, 15) is 29.4 Å². The van der Waals surface area contributed by atoms with Crippen molar-refractivity contribution >= 4 is 35.0 Å². The summed E-state index contributed by atoms with van der Waals surface area (Å²) in [7, 11) is 0. The van der Waals surface area contributed by atoms with Crippen LogP contribution in [0.15, 0.2) is 30.0 Å². The zero-order valence-corrected chi connectivity index (χ0v) is 19.8. The first-order valence-corrected chi connectivity index (χ1v) is 12.5. The van der Waals surface area contributed by atoms with E-state index in [0.717, 1.165) is 56.3 Å². The van der Waals surface area contributed by atoms with E-state index < -0.39 is 36.1 Å². The lowest BCUT2D eigenvalue weighted by atomic mass is 9.82. The summed E-state index contributed by atoms with van der Waals surface area (Å²) in [6.07, 6.45) is 9.01. The van der Waals surface area contributed by atoms with Crippen molar-refractivity contribution < 1.29 is 29.4 Å². The number of para-hydroxylation sites is 1. The van der Waals surface area contributed by atoms with Gasteiger partial charge in [0.15, 0.2) is 5.76 Å². The molecule has 1 unspecified atom stereocenters. The van der Waals surface area contributed by atoms with Crippen LogP contribution in [0.25, 0.3) is 5.57 Å². The van der Waals surface area contributed by atoms with Crippen LogP contribution in [0.3, 0.4) is 0 Å². The van der Waals surface area contributed by atoms with Gasteiger partial charge in [-0.2, -0.15) is 0 Å². The largest absolute Gasteiger partial charge is 0.502 e. The first kappa shape index (κ1) is 24.8. The third kappa shape index (κ3) is 5.49. The Morgan fingerprint density at radius 2 is 1.60 bits per heavy atom. The molecule has 2 fully saturated rings. The zero-order chi connectivity index (χ0) is 24.9. The number of carbonyl (C=O) groups is 4. The van der Waals surface area contributed by atoms with E-state index in [2.05, 4.69) is 10.6 Å². The number of amides is 3. The van der Waals surface area contributed by atoms with Crippen LogP contribution < -0.4 is 10.6 Å². The van der Waals surface area contributed by atoms with Crippen molar-refractivity contribution in [3.63, 3.8) is 0 Å². The fourth-order valence-electron chi connectivity index (χ4n) is 5.63. The van der Waals surface area contributed by atoms with Crippen molar-refractivity contribution in [2.75, 3.05) is 11.9 Å². The Labute approximate surface area is 204 Å². The van der Waals surface area contributed by atoms with Crippen LogP contribution in [-0.2, 0) is 19.2 Å². The van der Waals surface area contributed by atoms with Crippen molar-refractivity contribution in [1.29, 1.82) is 0 Å². The lowest BCUT2D eigenvalue weighted by molar-refractivity contribution is -0.150. The molecular weight excluding hydrogens is 450 g/mol. The van der Waals surface area contributed by atoms with Crippen LogP contribution in [0.5, 0.6) is 0 Å². The fourth-order valence-corrected chi connectivity index (χ4v) is 5.63. The van der Waals surface area contributed by atoms with Crippen LogP contribution in [0.1, 0.15) is 69.8 Å². The minimum atomic E-state index is -1.29. The molecule has 3 amide bonds. The number of nitrogens with one attached hydrogen (secondary N) is 2. The molecule has 0 aromatic heterocycles. The van der Waals surface area contributed by atoms with E-state index in [1.165, 1.54) is 0 Å². The van der Waals surface area contributed by atoms with E-state index in [-0.39, 0.29) is 23.4 Å². The molecule has 188 valence electrons. The van der Waals surface area contributed by atoms with Gasteiger partial charge in [0.25, 0.3) is 11.8 Å². The van der Waals surface area contributed by atoms with E-state index in [1.807, 2.05) is 0 Å². The van der Waals surface area contributed by atoms with Gasteiger partial charge in [-0.15, -0.1) is 0 Å². The first-order valence-electron chi connectivity index (χ1n) is 12.5. The Kier molecular flexibility index (Phi) is 7.73. The number of fused-ring (bicyclic) bond motifs is 1. The highest BCUT2D eigenvalue weighted by atomic mass is 16.4. The molecule has 35 heavy (non-hydrogen) atoms. The Morgan fingerprint density at radius 3 is 2.26 bits per heavy atom. The number of hydrogen-bond donors (Lipinski definition) is 4. The highest BCUT2D eigenvalue weighted by Gasteiger charge is 2.41. The fraction of sp³-hybridized carbons (Fsp3) is 0.538. The lowest BCUT2D eigenvalue weighted by Crippen LogP contribution is -2.57. The minimum absolute atomic E-state index is 0.0106. The molecule has 0 spiro atoms. The number of carbonyl (C=O) groups excluding carboxylic acids is 3. The molecule has 2 saturated carbocycles. The smallest absolute Gasteiger partial charge is 0.323 e. The second-order valence-corrected chi connectivity index (χ2v) is 9.74. The number of benzene rings is 1. The van der Waals surface area contributed by atoms with Gasteiger partial charge in [0.2, 0.25) is 5.91 Å². The summed E-state index contributed by atoms with van der Waals surface area (Å²) in [5.74, 6) is -4.42. The molecule has 9 heteroatoms. The first-order chi connectivity index (χ1) is 16.9. The van der Waals surface area contributed by atoms with Crippen molar-refractivity contribution in [2.24, 2.45) is 5.92 Å². The summed E-state index contributed by atoms with van der Waals surface area (Å²) in [6, 6.07) is 5.59. The van der Waals surface area contributed by atoms with Gasteiger partial charge in [-0.3, -0.25) is 19.2 Å². The molecule has 1 aromatic carbocycles. The average Bonchev–Trinajstić information content (AvgIpc) is 3.19. The van der Waals surface area contributed by atoms with Crippen LogP contribution in [-0.4, -0.2) is 57.4 Å². The van der Waals surface area contributed by atoms with Gasteiger partial charge in [0, 0.05) is 17.3 Å². The standard InChI is InChI=1S/C26H33N3O6/c30-20(31)15-29(26(35)23(32)21-18-13-7-8-14-19(18)28-24(21)33)22(16-9-3-1-4-10-16)25(34)27-17-11-5-2-6-12-17/h7-8,13-14,16-17,22,32H,1-6,9-12,15H2,(H,27,34)(H,28,33)(H,30,31). The van der Waals surface area contributed by atoms with Gasteiger partial charge in [-0.25, -0.2) is 0 Å². The van der Waals surface area contributed by atoms with Crippen LogP contribution >= 0.6 is 0 Å². The van der Waals surface area contributed by atoms with Gasteiger partial charge in [-0.05, 0) is 37.7 Å². The maximum Gasteiger partial charge on any atom is 0.323 e. The SMILES string of the molecule is O=C(O)CN(C(=O)C(O)=C1C(=O)Nc2ccccc21)C(C(=O)NC1CCCCC1)C1CCCCC1. The number of anilines is 1. The van der Waals surface area contributed by atoms with Crippen molar-refractivity contribution in [2.45, 2.75) is 76.3 Å². The molecule has 1 atom stereocenters. The van der Waals surface area contributed by atoms with E-state index in [1.54, 1.807) is 24.3 Å². The van der Waals surface area contributed by atoms with E-state index >= 15 is 0 Å². The number of rotatable bonds is 7. The molecule has 2 aliphatic carbocycles. The highest BCUT2D eigenvalue weighted by Crippen LogP contribution is 2.35. The molecule has 9 nitrogen and oxygen atoms in total. The molecule has 4 N–H and O–H groups in total. The lowest BCUT2D eigenvalue weighted by Gasteiger charge is -2.38. The Morgan fingerprint density at radius 1 is 0.971 bits per heavy atom. The molecular formula is C26H33N3O6. The predicted octanol–water partition coefficient (Wildman–Crippen LogP) is 3.22. The van der Waals surface area contributed by atoms with Gasteiger partial charge in [-0.1, -0.05) is 56.7 Å². The predicted molar refractivity (Wildman–Crippen MR) is 129 cm³/mol. The van der Waals surface area contributed by atoms with Crippen LogP contribution in [0.4, 0.5) is 5.69 Å². The molecule has 0 saturated heterocycles. The molecule has 4 rings (SSSR count). The zero-order valence-electron chi connectivity index (χ0n) is 19.8. The number of nitrogens with zero attached hydrogens (tertiary/aromatic N) is 1. The Bertz CT molecular complexity index is 1020. The monoisotopic (exact) mass is 483 g/mol. The van der Waals surface area contributed by atoms with Crippen molar-refractivity contribution in [3.8, 4) is 0 Å². The summed E-state index contributed by atoms with van der Waals surface area (Å²) >= 11 is 0. The topological polar surface area (TPSA) is 136 Å². The van der Waals surface area contributed by atoms with Crippen molar-refractivity contribution in [3.05, 3.63) is 35.6 Å². The second-order valence-electron chi connectivity index (χ2n) is 9.74. The third-order valence-corrected chi connectivity index (χ3v) is 7.33. The van der Waals surface area contributed by atoms with Gasteiger partial charge >= 0.3 is 5.97 Å². The number of aliphatic hydroxyl groups excluding tert-OH is 1. The molecule has 0 bridgehead atoms. The molecule has 1 aliphatic heterocycles. The molecule has 3 aliphatic rings. The number of aliphatic carboxylic acids is 1. The van der Waals surface area contributed by atoms with Gasteiger partial charge < -0.3 is 25.7 Å². The molecule has 1 heterocycles. The second kappa shape index (κ2) is 10.9. The van der Waals surface area contributed by atoms with Crippen LogP contribution in [0.2, 0.25) is 0 Å². The van der Waals surface area contributed by atoms with E-state index in [0.29, 0.717) is 24.1 Å². The van der Waals surface area contributed by atoms with Gasteiger partial charge in [0.05, 0.1) is 5.57 Å². The number of carboxylic acids is 1. The third-order valence-electron chi connectivity index (χ3n) is 7.33. The number of hydrogen-bond acceptors (Lipinski definition) is 5. The summed E-state index contributed by atoms with van der Waals surface area (Å²) < 4.78 is 0. The summed E-state index contributed by atoms with van der Waals surface area (Å²) in [6.45, 7) is -0.751. The normalized spacial score (nSPS) is 21.0. The Balaban J connectivity index is 1.69. The number of carboxylic acid groups (broad SMARTS) is 1. The maximum atomic E-state index is 13.6. The van der Waals surface area contributed by atoms with Crippen LogP contribution in [0, 0.1) is 5.92 Å². The van der Waals surface area contributed by atoms with Gasteiger partial charge in [0.1, 0.15) is 12.6 Å². The highest BCUT2D eigenvalue weighted by molar-refractivity contribution is 6.34. The summed E-state index contributed by atoms with van der Waals surface area (Å²) in [5, 5.41) is 26.3. The maximum absolute atomic E-state index is 13.6. The van der Waals surface area contributed by atoms with Crippen molar-refractivity contribution in [1.82, 2.24) is 10.2 Å². The quantitative estimate of drug-likeness (QED) is 0.347. The summed E-state index contributed by atoms with van der Waals surface area (Å²) in [5.41, 5.74) is 0.603. The molecule has 0 radical (unpaired) electrons. The Hall–Kier alpha value is -3.36. The van der Waals surface area contributed by atoms with E-state index in [4.69, 9.17) is 0 Å².